The third-order valence-electron chi connectivity index (χ3n) is 6.85. The molecule has 0 saturated heterocycles. The van der Waals surface area contributed by atoms with Crippen molar-refractivity contribution in [2.45, 2.75) is 31.7 Å². The van der Waals surface area contributed by atoms with Gasteiger partial charge in [-0.2, -0.15) is 9.35 Å². The van der Waals surface area contributed by atoms with Crippen molar-refractivity contribution in [3.63, 3.8) is 0 Å². The zero-order valence-corrected chi connectivity index (χ0v) is 21.6. The van der Waals surface area contributed by atoms with Gasteiger partial charge in [0.15, 0.2) is 23.1 Å². The quantitative estimate of drug-likeness (QED) is 0.402. The van der Waals surface area contributed by atoms with E-state index in [9.17, 15) is 13.0 Å². The standard InChI is InChI=1S/C26H27F2N7OS/c1-34-12-16-6-4-5-15-9-18(10-17(13-34)23(15)16)30-26-29-11-19-21(28)14-35(25(19)32-26)22-8-7-20(27)24(31-22)33-37(2,3)36/h7-11,14,16H,4-6,12-13H2,1-3H3,(H,29,30,32)/t16-/m0/s1. The Hall–Kier alpha value is -3.44. The molecule has 8 nitrogen and oxygen atoms in total. The number of fused-ring (bicyclic) bond motifs is 1. The van der Waals surface area contributed by atoms with Crippen LogP contribution in [0, 0.1) is 11.6 Å². The number of aromatic nitrogens is 4. The van der Waals surface area contributed by atoms with E-state index in [-0.39, 0.29) is 22.7 Å². The van der Waals surface area contributed by atoms with Crippen molar-refractivity contribution in [1.82, 2.24) is 24.4 Å². The molecule has 3 aromatic heterocycles. The van der Waals surface area contributed by atoms with Crippen LogP contribution in [0.4, 0.5) is 26.2 Å². The van der Waals surface area contributed by atoms with E-state index < -0.39 is 21.4 Å². The summed E-state index contributed by atoms with van der Waals surface area (Å²) >= 11 is 0. The van der Waals surface area contributed by atoms with Gasteiger partial charge in [-0.1, -0.05) is 0 Å². The molecule has 0 radical (unpaired) electrons. The first-order chi connectivity index (χ1) is 17.6. The van der Waals surface area contributed by atoms with Crippen LogP contribution in [0.3, 0.4) is 0 Å². The van der Waals surface area contributed by atoms with Gasteiger partial charge in [0.25, 0.3) is 0 Å². The van der Waals surface area contributed by atoms with Crippen LogP contribution in [0.5, 0.6) is 0 Å². The van der Waals surface area contributed by atoms with Gasteiger partial charge in [-0.3, -0.25) is 4.57 Å². The Labute approximate surface area is 213 Å². The maximum Gasteiger partial charge on any atom is 0.229 e. The van der Waals surface area contributed by atoms with Crippen molar-refractivity contribution in [3.05, 3.63) is 65.0 Å². The monoisotopic (exact) mass is 523 g/mol. The number of hydrogen-bond acceptors (Lipinski definition) is 7. The molecule has 2 aliphatic rings. The number of pyridine rings is 1. The number of likely N-dealkylation sites (N-methyl/N-ethyl adjacent to an activating group) is 1. The van der Waals surface area contributed by atoms with Crippen LogP contribution < -0.4 is 5.32 Å². The molecule has 4 heterocycles. The number of halogens is 2. The molecule has 6 rings (SSSR count). The Kier molecular flexibility index (Phi) is 5.72. The van der Waals surface area contributed by atoms with E-state index >= 15 is 0 Å². The topological polar surface area (TPSA) is 88.3 Å². The van der Waals surface area contributed by atoms with E-state index in [2.05, 4.69) is 48.7 Å². The van der Waals surface area contributed by atoms with Gasteiger partial charge in [-0.25, -0.2) is 23.0 Å². The van der Waals surface area contributed by atoms with Crippen LogP contribution in [0.15, 0.2) is 41.0 Å². The second-order valence-electron chi connectivity index (χ2n) is 10.1. The van der Waals surface area contributed by atoms with Gasteiger partial charge in [0.2, 0.25) is 5.95 Å². The maximum absolute atomic E-state index is 14.8. The van der Waals surface area contributed by atoms with E-state index in [1.165, 1.54) is 71.1 Å². The Morgan fingerprint density at radius 3 is 2.76 bits per heavy atom. The lowest BCUT2D eigenvalue weighted by atomic mass is 9.77. The predicted octanol–water partition coefficient (Wildman–Crippen LogP) is 5.06. The Morgan fingerprint density at radius 1 is 1.14 bits per heavy atom. The van der Waals surface area contributed by atoms with E-state index in [1.54, 1.807) is 0 Å². The summed E-state index contributed by atoms with van der Waals surface area (Å²) in [7, 11) is -0.491. The first kappa shape index (κ1) is 23.9. The van der Waals surface area contributed by atoms with E-state index in [0.29, 0.717) is 11.9 Å². The van der Waals surface area contributed by atoms with Crippen LogP contribution in [-0.2, 0) is 22.7 Å². The molecule has 1 aromatic carbocycles. The van der Waals surface area contributed by atoms with Gasteiger partial charge in [0.05, 0.1) is 5.39 Å². The second-order valence-corrected chi connectivity index (χ2v) is 12.7. The molecule has 192 valence electrons. The first-order valence-electron chi connectivity index (χ1n) is 12.1. The summed E-state index contributed by atoms with van der Waals surface area (Å²) in [6, 6.07) is 6.89. The van der Waals surface area contributed by atoms with Crippen molar-refractivity contribution in [2.24, 2.45) is 4.36 Å². The maximum atomic E-state index is 14.8. The zero-order chi connectivity index (χ0) is 25.9. The molecule has 0 amide bonds. The molecule has 1 aliphatic carbocycles. The number of rotatable bonds is 4. The zero-order valence-electron chi connectivity index (χ0n) is 20.8. The number of nitrogens with one attached hydrogen (secondary N) is 1. The summed E-state index contributed by atoms with van der Waals surface area (Å²) in [6.07, 6.45) is 8.88. The highest BCUT2D eigenvalue weighted by atomic mass is 32.2. The molecule has 0 fully saturated rings. The first-order valence-corrected chi connectivity index (χ1v) is 14.5. The molecule has 0 saturated carbocycles. The van der Waals surface area contributed by atoms with Crippen molar-refractivity contribution in [3.8, 4) is 5.82 Å². The molecule has 0 spiro atoms. The normalized spacial score (nSPS) is 17.6. The lowest BCUT2D eigenvalue weighted by Gasteiger charge is -2.37. The van der Waals surface area contributed by atoms with Gasteiger partial charge in [0.1, 0.15) is 5.82 Å². The van der Waals surface area contributed by atoms with Crippen LogP contribution in [-0.4, -0.2) is 54.7 Å². The number of nitrogens with zero attached hydrogens (tertiary/aromatic N) is 6. The number of hydrogen-bond donors (Lipinski definition) is 1. The van der Waals surface area contributed by atoms with Crippen molar-refractivity contribution >= 4 is 38.2 Å². The summed E-state index contributed by atoms with van der Waals surface area (Å²) in [6.45, 7) is 1.99. The van der Waals surface area contributed by atoms with E-state index in [4.69, 9.17) is 0 Å². The molecule has 1 N–H and O–H groups in total. The molecule has 1 atom stereocenters. The smallest absolute Gasteiger partial charge is 0.229 e. The third-order valence-corrected chi connectivity index (χ3v) is 7.46. The molecule has 37 heavy (non-hydrogen) atoms. The summed E-state index contributed by atoms with van der Waals surface area (Å²) in [5.41, 5.74) is 5.35. The summed E-state index contributed by atoms with van der Waals surface area (Å²) < 4.78 is 46.4. The minimum Gasteiger partial charge on any atom is -0.324 e. The lowest BCUT2D eigenvalue weighted by Crippen LogP contribution is -2.33. The van der Waals surface area contributed by atoms with Gasteiger partial charge >= 0.3 is 0 Å². The van der Waals surface area contributed by atoms with Crippen molar-refractivity contribution in [1.29, 1.82) is 0 Å². The fourth-order valence-corrected chi connectivity index (χ4v) is 6.02. The van der Waals surface area contributed by atoms with Crippen LogP contribution in [0.25, 0.3) is 16.9 Å². The fraction of sp³-hybridized carbons (Fsp3) is 0.346. The number of benzene rings is 1. The average molecular weight is 524 g/mol. The highest BCUT2D eigenvalue weighted by Crippen LogP contribution is 2.40. The number of anilines is 2. The molecule has 4 aromatic rings. The molecular formula is C26H27F2N7OS. The fourth-order valence-electron chi connectivity index (χ4n) is 5.47. The average Bonchev–Trinajstić information content (AvgIpc) is 3.15. The third kappa shape index (κ3) is 4.57. The van der Waals surface area contributed by atoms with Crippen LogP contribution in [0.2, 0.25) is 0 Å². The Balaban J connectivity index is 1.40. The Morgan fingerprint density at radius 2 is 1.95 bits per heavy atom. The highest BCUT2D eigenvalue weighted by molar-refractivity contribution is 7.92. The van der Waals surface area contributed by atoms with Gasteiger partial charge in [-0.05, 0) is 73.2 Å². The minimum absolute atomic E-state index is 0.203. The molecule has 11 heteroatoms. The van der Waals surface area contributed by atoms with Crippen LogP contribution in [0.1, 0.15) is 35.4 Å². The van der Waals surface area contributed by atoms with Crippen LogP contribution >= 0.6 is 0 Å². The highest BCUT2D eigenvalue weighted by Gasteiger charge is 2.29. The minimum atomic E-state index is -2.64. The summed E-state index contributed by atoms with van der Waals surface area (Å²) in [5, 5.41) is 3.50. The Bertz CT molecular complexity index is 1670. The largest absolute Gasteiger partial charge is 0.324 e. The lowest BCUT2D eigenvalue weighted by molar-refractivity contribution is 0.266. The number of aryl methyl sites for hydroxylation is 1. The van der Waals surface area contributed by atoms with Gasteiger partial charge in [-0.15, -0.1) is 0 Å². The SMILES string of the molecule is CN1Cc2cc(Nc3ncc4c(F)cn(-c5ccc(F)c(N=S(C)(C)=O)n5)c4n3)cc3c2[C@@H](CCC3)C1. The summed E-state index contributed by atoms with van der Waals surface area (Å²) in [5.74, 6) is -0.443. The summed E-state index contributed by atoms with van der Waals surface area (Å²) in [4.78, 5) is 15.5. The van der Waals surface area contributed by atoms with Crippen molar-refractivity contribution < 1.29 is 13.0 Å². The molecule has 0 unspecified atom stereocenters. The van der Waals surface area contributed by atoms with E-state index in [0.717, 1.165) is 25.2 Å². The molecule has 0 bridgehead atoms. The molecular weight excluding hydrogens is 496 g/mol. The van der Waals surface area contributed by atoms with E-state index in [1.807, 2.05) is 0 Å². The predicted molar refractivity (Wildman–Crippen MR) is 140 cm³/mol. The molecule has 1 aliphatic heterocycles. The van der Waals surface area contributed by atoms with Gasteiger partial charge < -0.3 is 10.2 Å². The van der Waals surface area contributed by atoms with Gasteiger partial charge in [0, 0.05) is 53.4 Å². The van der Waals surface area contributed by atoms with Crippen molar-refractivity contribution in [2.75, 3.05) is 31.4 Å². The second kappa shape index (κ2) is 8.84.